The number of hydrogen-bond donors (Lipinski definition) is 18. The van der Waals surface area contributed by atoms with E-state index in [0.29, 0.717) is 19.4 Å². The Balaban J connectivity index is 6.31. The maximum Gasteiger partial charge on any atom is 0.326 e. The van der Waals surface area contributed by atoms with Crippen LogP contribution in [-0.2, 0) is 71.9 Å². The van der Waals surface area contributed by atoms with E-state index in [0.717, 1.165) is 0 Å². The summed E-state index contributed by atoms with van der Waals surface area (Å²) in [7, 11) is 0. The normalized spacial score (nSPS) is 16.1. The number of unbranched alkanes of at least 4 members (excludes halogenated alkanes) is 1. The highest BCUT2D eigenvalue weighted by atomic mass is 16.4. The zero-order valence-electron chi connectivity index (χ0n) is 57.9. The van der Waals surface area contributed by atoms with Gasteiger partial charge in [0.2, 0.25) is 76.8 Å². The Labute approximate surface area is 556 Å². The number of aliphatic carboxylic acids is 2. The number of primary amides is 1. The summed E-state index contributed by atoms with van der Waals surface area (Å²) in [6.45, 7) is 23.8. The van der Waals surface area contributed by atoms with E-state index in [1.54, 1.807) is 83.1 Å². The van der Waals surface area contributed by atoms with Gasteiger partial charge in [-0.25, -0.2) is 4.79 Å². The third-order valence-electron chi connectivity index (χ3n) is 15.5. The Morgan fingerprint density at radius 2 is 0.800 bits per heavy atom. The largest absolute Gasteiger partial charge is 0.481 e. The van der Waals surface area contributed by atoms with Gasteiger partial charge in [0, 0.05) is 6.42 Å². The van der Waals surface area contributed by atoms with Gasteiger partial charge in [-0.05, 0) is 101 Å². The summed E-state index contributed by atoms with van der Waals surface area (Å²) >= 11 is 0. The van der Waals surface area contributed by atoms with Crippen molar-refractivity contribution >= 4 is 88.7 Å². The molecule has 0 heterocycles. The van der Waals surface area contributed by atoms with Crippen LogP contribution in [0.3, 0.4) is 0 Å². The summed E-state index contributed by atoms with van der Waals surface area (Å²) in [6.07, 6.45) is -1.26. The van der Waals surface area contributed by atoms with E-state index in [4.69, 9.17) is 17.2 Å². The lowest BCUT2D eigenvalue weighted by atomic mass is 9.94. The molecule has 0 saturated carbocycles. The second kappa shape index (κ2) is 43.8. The van der Waals surface area contributed by atoms with Gasteiger partial charge in [0.05, 0.1) is 25.1 Å². The monoisotopic (exact) mass is 1350 g/mol. The third-order valence-corrected chi connectivity index (χ3v) is 15.5. The lowest BCUT2D eigenvalue weighted by Crippen LogP contribution is -2.62. The Hall–Kier alpha value is -8.07. The molecule has 0 aliphatic heterocycles. The fourth-order valence-corrected chi connectivity index (χ4v) is 9.44. The average Bonchev–Trinajstić information content (AvgIpc) is 1.19. The highest BCUT2D eigenvalue weighted by molar-refractivity contribution is 6.00. The van der Waals surface area contributed by atoms with Gasteiger partial charge >= 0.3 is 11.9 Å². The van der Waals surface area contributed by atoms with Gasteiger partial charge in [-0.2, -0.15) is 0 Å². The topological polar surface area (TPSA) is 539 Å². The average molecular weight is 1350 g/mol. The second-order valence-electron chi connectivity index (χ2n) is 26.0. The van der Waals surface area contributed by atoms with Gasteiger partial charge in [0.25, 0.3) is 0 Å². The number of rotatable bonds is 46. The molecule has 0 fully saturated rings. The predicted octanol–water partition coefficient (Wildman–Crippen LogP) is -2.98. The number of nitrogens with two attached hydrogens (primary N) is 3. The van der Waals surface area contributed by atoms with Crippen LogP contribution in [0.15, 0.2) is 0 Å². The molecule has 13 amide bonds. The van der Waals surface area contributed by atoms with Crippen LogP contribution in [0.5, 0.6) is 0 Å². The quantitative estimate of drug-likeness (QED) is 0.0271. The predicted molar refractivity (Wildman–Crippen MR) is 349 cm³/mol. The van der Waals surface area contributed by atoms with Crippen molar-refractivity contribution in [2.24, 2.45) is 52.7 Å². The maximum absolute atomic E-state index is 14.1. The summed E-state index contributed by atoms with van der Waals surface area (Å²) in [5.74, 6) is -17.1. The molecular weight excluding hydrogens is 1240 g/mol. The van der Waals surface area contributed by atoms with Gasteiger partial charge in [0.15, 0.2) is 0 Å². The summed E-state index contributed by atoms with van der Waals surface area (Å²) in [5, 5.41) is 60.0. The van der Waals surface area contributed by atoms with E-state index in [-0.39, 0.29) is 56.3 Å². The molecule has 0 aliphatic rings. The molecule has 0 aromatic rings. The number of nitrogens with one attached hydrogen (secondary N) is 12. The lowest BCUT2D eigenvalue weighted by Gasteiger charge is -2.30. The number of amides is 13. The zero-order chi connectivity index (χ0) is 73.3. The number of aliphatic hydroxyl groups is 1. The minimum absolute atomic E-state index is 0.0363. The maximum atomic E-state index is 14.1. The Morgan fingerprint density at radius 1 is 0.411 bits per heavy atom. The van der Waals surface area contributed by atoms with Crippen molar-refractivity contribution in [3.8, 4) is 0 Å². The molecule has 0 aliphatic carbocycles. The van der Waals surface area contributed by atoms with E-state index in [1.807, 2.05) is 0 Å². The van der Waals surface area contributed by atoms with Crippen molar-refractivity contribution in [1.82, 2.24) is 63.8 Å². The highest BCUT2D eigenvalue weighted by Crippen LogP contribution is 2.16. The molecule has 0 unspecified atom stereocenters. The summed E-state index contributed by atoms with van der Waals surface area (Å²) in [6, 6.07) is -16.8. The number of carbonyl (C=O) groups excluding carboxylic acids is 13. The minimum Gasteiger partial charge on any atom is -0.481 e. The molecule has 15 atom stereocenters. The molecule has 33 heteroatoms. The molecular formula is C62H111N15O18. The smallest absolute Gasteiger partial charge is 0.326 e. The van der Waals surface area contributed by atoms with Crippen LogP contribution in [0.25, 0.3) is 0 Å². The van der Waals surface area contributed by atoms with Crippen LogP contribution < -0.4 is 81.0 Å². The minimum atomic E-state index is -1.89. The molecule has 0 aromatic carbocycles. The van der Waals surface area contributed by atoms with Crippen molar-refractivity contribution in [1.29, 1.82) is 0 Å². The molecule has 33 nitrogen and oxygen atoms in total. The first kappa shape index (κ1) is 86.9. The molecule has 0 saturated heterocycles. The first-order valence-corrected chi connectivity index (χ1v) is 32.6. The standard InChI is InChI=1S/C62H111N15O18/c1-16-33(11)48(76-60(92)49(34(12)17-2)75-57(89)42(27-46(81)82)71-54(86)39(21-22-44(65)79)69-51(83)36(14)68-53(85)38(64)20-18-19-23-63)58(90)66-28-45(80)67-35(13)52(84)74-47(32(9)10)59(91)77-50(37(15)78)61(93)72-41(25-30(5)6)55(87)70-40(24-29(3)4)56(88)73-43(62(94)95)26-31(7)8/h29-43,47-50,78H,16-28,63-64H2,1-15H3,(H2,65,79)(H,66,90)(H,67,80)(H,68,85)(H,69,83)(H,70,87)(H,71,86)(H,72,93)(H,73,88)(H,74,84)(H,75,89)(H,76,92)(H,77,91)(H,81,82)(H,94,95)/t33-,34-,35-,36-,37+,38-,39-,40-,41-,42-,43-,47-,48-,49-,50-/m0/s1. The Morgan fingerprint density at radius 3 is 1.26 bits per heavy atom. The molecule has 21 N–H and O–H groups in total. The van der Waals surface area contributed by atoms with E-state index in [9.17, 15) is 87.2 Å². The van der Waals surface area contributed by atoms with Crippen LogP contribution in [-0.4, -0.2) is 196 Å². The molecule has 0 radical (unpaired) electrons. The lowest BCUT2D eigenvalue weighted by molar-refractivity contribution is -0.143. The van der Waals surface area contributed by atoms with Gasteiger partial charge in [-0.1, -0.05) is 102 Å². The number of carboxylic acid groups (broad SMARTS) is 2. The number of carboxylic acids is 2. The summed E-state index contributed by atoms with van der Waals surface area (Å²) in [5.41, 5.74) is 16.8. The van der Waals surface area contributed by atoms with Gasteiger partial charge in [0.1, 0.15) is 66.5 Å². The SMILES string of the molecule is CC[C@H](C)[C@H](NC(=O)[C@H](CC(=O)O)NC(=O)[C@H](CCC(N)=O)NC(=O)[C@H](C)NC(=O)[C@@H](N)CCCCN)C(=O)N[C@H](C(=O)NCC(=O)N[C@@H](C)C(=O)N[C@H](C(=O)N[C@H](C(=O)N[C@@H](CC(C)C)C(=O)N[C@@H](CC(C)C)C(=O)N[C@@H](CC(C)C)C(=O)O)[C@@H](C)O)C(C)C)[C@@H](C)CC. The van der Waals surface area contributed by atoms with Crippen LogP contribution in [0.1, 0.15) is 174 Å². The Bertz CT molecular complexity index is 2610. The Kier molecular flexibility index (Phi) is 40.1. The zero-order valence-corrected chi connectivity index (χ0v) is 57.9. The molecule has 0 bridgehead atoms. The highest BCUT2D eigenvalue weighted by Gasteiger charge is 2.39. The molecule has 0 spiro atoms. The molecule has 542 valence electrons. The fourth-order valence-electron chi connectivity index (χ4n) is 9.44. The first-order valence-electron chi connectivity index (χ1n) is 32.6. The van der Waals surface area contributed by atoms with E-state index >= 15 is 0 Å². The van der Waals surface area contributed by atoms with E-state index in [1.165, 1.54) is 20.8 Å². The molecule has 0 rings (SSSR count). The van der Waals surface area contributed by atoms with Crippen LogP contribution in [0.4, 0.5) is 0 Å². The van der Waals surface area contributed by atoms with Gasteiger partial charge in [-0.3, -0.25) is 67.1 Å². The third kappa shape index (κ3) is 33.2. The first-order chi connectivity index (χ1) is 44.1. The van der Waals surface area contributed by atoms with E-state index < -0.39 is 211 Å². The van der Waals surface area contributed by atoms with Crippen LogP contribution in [0, 0.1) is 35.5 Å². The van der Waals surface area contributed by atoms with Gasteiger partial charge < -0.3 is 96.3 Å². The van der Waals surface area contributed by atoms with Crippen molar-refractivity contribution in [3.63, 3.8) is 0 Å². The van der Waals surface area contributed by atoms with Crippen LogP contribution in [0.2, 0.25) is 0 Å². The van der Waals surface area contributed by atoms with Crippen molar-refractivity contribution in [2.75, 3.05) is 13.1 Å². The van der Waals surface area contributed by atoms with Crippen molar-refractivity contribution in [3.05, 3.63) is 0 Å². The number of carbonyl (C=O) groups is 15. The number of aliphatic hydroxyl groups excluding tert-OH is 1. The fraction of sp³-hybridized carbons (Fsp3) is 0.758. The van der Waals surface area contributed by atoms with Crippen molar-refractivity contribution in [2.45, 2.75) is 253 Å². The molecule has 95 heavy (non-hydrogen) atoms. The van der Waals surface area contributed by atoms with E-state index in [2.05, 4.69) is 63.8 Å². The van der Waals surface area contributed by atoms with Gasteiger partial charge in [-0.15, -0.1) is 0 Å². The summed E-state index contributed by atoms with van der Waals surface area (Å²) < 4.78 is 0. The number of hydrogen-bond acceptors (Lipinski definition) is 18. The second-order valence-corrected chi connectivity index (χ2v) is 26.0. The summed E-state index contributed by atoms with van der Waals surface area (Å²) in [4.78, 5) is 199. The van der Waals surface area contributed by atoms with Crippen molar-refractivity contribution < 1.29 is 87.2 Å². The van der Waals surface area contributed by atoms with Crippen LogP contribution >= 0.6 is 0 Å². The molecule has 0 aromatic heterocycles.